The molecule has 0 atom stereocenters. The van der Waals surface area contributed by atoms with Crippen LogP contribution in [-0.4, -0.2) is 4.98 Å². The normalized spacial score (nSPS) is 11.5. The highest BCUT2D eigenvalue weighted by atomic mass is 16.3. The topological polar surface area (TPSA) is 42.4 Å². The van der Waals surface area contributed by atoms with Crippen LogP contribution in [0.1, 0.15) is 0 Å². The fourth-order valence-electron chi connectivity index (χ4n) is 7.33. The summed E-state index contributed by atoms with van der Waals surface area (Å²) in [6.07, 6.45) is 0. The number of oxazole rings is 1. The lowest BCUT2D eigenvalue weighted by atomic mass is 9.98. The van der Waals surface area contributed by atoms with Gasteiger partial charge < -0.3 is 13.7 Å². The summed E-state index contributed by atoms with van der Waals surface area (Å²) >= 11 is 0. The SMILES string of the molecule is c1ccc(-c2ccc(N(c3cccc(-c4ccccc4)c3)c3cc4oc5cccc(-c6nc7ccccc7o6)c5c4c4ccccc34)cc2)cc1. The lowest BCUT2D eigenvalue weighted by Crippen LogP contribution is -2.10. The molecule has 8 aromatic carbocycles. The van der Waals surface area contributed by atoms with Crippen LogP contribution < -0.4 is 4.90 Å². The Morgan fingerprint density at radius 3 is 1.80 bits per heavy atom. The Kier molecular flexibility index (Phi) is 6.78. The number of hydrogen-bond donors (Lipinski definition) is 0. The summed E-state index contributed by atoms with van der Waals surface area (Å²) < 4.78 is 13.0. The Morgan fingerprint density at radius 1 is 0.392 bits per heavy atom. The van der Waals surface area contributed by atoms with Gasteiger partial charge in [0.1, 0.15) is 16.7 Å². The first kappa shape index (κ1) is 29.0. The van der Waals surface area contributed by atoms with Crippen molar-refractivity contribution in [2.45, 2.75) is 0 Å². The average Bonchev–Trinajstić information content (AvgIpc) is 3.81. The minimum Gasteiger partial charge on any atom is -0.456 e. The van der Waals surface area contributed by atoms with E-state index in [9.17, 15) is 0 Å². The summed E-state index contributed by atoms with van der Waals surface area (Å²) in [7, 11) is 0. The van der Waals surface area contributed by atoms with E-state index in [0.29, 0.717) is 5.89 Å². The van der Waals surface area contributed by atoms with Gasteiger partial charge in [-0.1, -0.05) is 127 Å². The summed E-state index contributed by atoms with van der Waals surface area (Å²) in [5, 5.41) is 4.24. The van der Waals surface area contributed by atoms with Gasteiger partial charge in [0, 0.05) is 39.2 Å². The standard InChI is InChI=1S/C47H30N2O2/c1-3-13-31(14-4-1)33-25-27-35(28-26-33)49(36-18-11-17-34(29-36)32-15-5-2-6-16-32)41-30-44-45(38-20-8-7-19-37(38)41)46-39(21-12-24-43(46)50-44)47-48-40-22-9-10-23-42(40)51-47/h1-30H. The van der Waals surface area contributed by atoms with Crippen LogP contribution in [0.2, 0.25) is 0 Å². The lowest BCUT2D eigenvalue weighted by Gasteiger charge is -2.27. The minimum absolute atomic E-state index is 0.579. The monoisotopic (exact) mass is 654 g/mol. The number of benzene rings is 8. The molecular formula is C47H30N2O2. The van der Waals surface area contributed by atoms with Gasteiger partial charge in [-0.2, -0.15) is 0 Å². The average molecular weight is 655 g/mol. The van der Waals surface area contributed by atoms with Crippen molar-refractivity contribution in [2.24, 2.45) is 0 Å². The van der Waals surface area contributed by atoms with Crippen molar-refractivity contribution in [3.63, 3.8) is 0 Å². The maximum absolute atomic E-state index is 6.73. The van der Waals surface area contributed by atoms with Crippen LogP contribution in [0, 0.1) is 0 Å². The zero-order valence-electron chi connectivity index (χ0n) is 27.5. The number of furan rings is 1. The summed E-state index contributed by atoms with van der Waals surface area (Å²) in [4.78, 5) is 7.22. The van der Waals surface area contributed by atoms with Gasteiger partial charge >= 0.3 is 0 Å². The Morgan fingerprint density at radius 2 is 1.02 bits per heavy atom. The molecule has 4 nitrogen and oxygen atoms in total. The number of para-hydroxylation sites is 2. The molecule has 0 bridgehead atoms. The van der Waals surface area contributed by atoms with Crippen molar-refractivity contribution in [2.75, 3.05) is 4.90 Å². The van der Waals surface area contributed by atoms with Crippen molar-refractivity contribution in [3.8, 4) is 33.7 Å². The molecule has 51 heavy (non-hydrogen) atoms. The second kappa shape index (κ2) is 11.9. The molecule has 0 aliphatic heterocycles. The van der Waals surface area contributed by atoms with Gasteiger partial charge in [0.25, 0.3) is 0 Å². The van der Waals surface area contributed by atoms with Crippen LogP contribution >= 0.6 is 0 Å². The first-order valence-corrected chi connectivity index (χ1v) is 17.1. The van der Waals surface area contributed by atoms with E-state index in [4.69, 9.17) is 13.8 Å². The van der Waals surface area contributed by atoms with Gasteiger partial charge in [-0.3, -0.25) is 0 Å². The predicted octanol–water partition coefficient (Wildman–Crippen LogP) is 13.4. The highest BCUT2D eigenvalue weighted by molar-refractivity contribution is 6.25. The molecule has 0 saturated heterocycles. The van der Waals surface area contributed by atoms with E-state index in [0.717, 1.165) is 72.0 Å². The van der Waals surface area contributed by atoms with E-state index in [2.05, 4.69) is 150 Å². The molecule has 0 spiro atoms. The molecule has 10 aromatic rings. The zero-order chi connectivity index (χ0) is 33.7. The van der Waals surface area contributed by atoms with Crippen LogP contribution in [-0.2, 0) is 0 Å². The fourth-order valence-corrected chi connectivity index (χ4v) is 7.33. The van der Waals surface area contributed by atoms with Crippen LogP contribution in [0.5, 0.6) is 0 Å². The Bertz CT molecular complexity index is 2820. The molecule has 0 N–H and O–H groups in total. The van der Waals surface area contributed by atoms with Gasteiger partial charge in [-0.15, -0.1) is 0 Å². The predicted molar refractivity (Wildman–Crippen MR) is 210 cm³/mol. The molecule has 0 amide bonds. The number of fused-ring (bicyclic) bond motifs is 6. The van der Waals surface area contributed by atoms with Gasteiger partial charge in [-0.25, -0.2) is 4.98 Å². The van der Waals surface area contributed by atoms with E-state index in [1.165, 1.54) is 16.7 Å². The van der Waals surface area contributed by atoms with Crippen LogP contribution in [0.15, 0.2) is 191 Å². The van der Waals surface area contributed by atoms with E-state index >= 15 is 0 Å². The molecule has 0 aliphatic rings. The molecule has 0 saturated carbocycles. The van der Waals surface area contributed by atoms with E-state index in [-0.39, 0.29) is 0 Å². The zero-order valence-corrected chi connectivity index (χ0v) is 27.5. The van der Waals surface area contributed by atoms with Crippen molar-refractivity contribution in [3.05, 3.63) is 182 Å². The van der Waals surface area contributed by atoms with E-state index in [1.54, 1.807) is 0 Å². The third kappa shape index (κ3) is 4.96. The third-order valence-corrected chi connectivity index (χ3v) is 9.69. The second-order valence-corrected chi connectivity index (χ2v) is 12.7. The first-order chi connectivity index (χ1) is 25.3. The fraction of sp³-hybridized carbons (Fsp3) is 0. The molecule has 2 aromatic heterocycles. The summed E-state index contributed by atoms with van der Waals surface area (Å²) in [6, 6.07) is 63.4. The highest BCUT2D eigenvalue weighted by Gasteiger charge is 2.23. The van der Waals surface area contributed by atoms with E-state index in [1.807, 2.05) is 36.4 Å². The number of nitrogens with zero attached hydrogens (tertiary/aromatic N) is 2. The summed E-state index contributed by atoms with van der Waals surface area (Å²) in [5.41, 5.74) is 11.9. The summed E-state index contributed by atoms with van der Waals surface area (Å²) in [5.74, 6) is 0.579. The Labute approximate surface area is 294 Å². The third-order valence-electron chi connectivity index (χ3n) is 9.69. The van der Waals surface area contributed by atoms with Crippen molar-refractivity contribution in [1.82, 2.24) is 4.98 Å². The first-order valence-electron chi connectivity index (χ1n) is 17.1. The number of anilines is 3. The molecule has 0 fully saturated rings. The smallest absolute Gasteiger partial charge is 0.228 e. The number of aromatic nitrogens is 1. The van der Waals surface area contributed by atoms with Gasteiger partial charge in [0.2, 0.25) is 5.89 Å². The van der Waals surface area contributed by atoms with Crippen LogP contribution in [0.3, 0.4) is 0 Å². The van der Waals surface area contributed by atoms with Crippen molar-refractivity contribution in [1.29, 1.82) is 0 Å². The van der Waals surface area contributed by atoms with Crippen LogP contribution in [0.4, 0.5) is 17.1 Å². The number of hydrogen-bond acceptors (Lipinski definition) is 4. The maximum atomic E-state index is 6.73. The van der Waals surface area contributed by atoms with Crippen molar-refractivity contribution >= 4 is 60.9 Å². The summed E-state index contributed by atoms with van der Waals surface area (Å²) in [6.45, 7) is 0. The second-order valence-electron chi connectivity index (χ2n) is 12.7. The highest BCUT2D eigenvalue weighted by Crippen LogP contribution is 2.47. The molecule has 240 valence electrons. The van der Waals surface area contributed by atoms with Gasteiger partial charge in [-0.05, 0) is 76.2 Å². The molecule has 0 aliphatic carbocycles. The molecule has 0 unspecified atom stereocenters. The molecule has 10 rings (SSSR count). The van der Waals surface area contributed by atoms with Gasteiger partial charge in [0.05, 0.1) is 5.69 Å². The molecular weight excluding hydrogens is 625 g/mol. The molecule has 0 radical (unpaired) electrons. The number of rotatable bonds is 6. The largest absolute Gasteiger partial charge is 0.456 e. The van der Waals surface area contributed by atoms with Crippen LogP contribution in [0.25, 0.3) is 77.5 Å². The van der Waals surface area contributed by atoms with Gasteiger partial charge in [0.15, 0.2) is 5.58 Å². The van der Waals surface area contributed by atoms with Crippen molar-refractivity contribution < 1.29 is 8.83 Å². The molecule has 2 heterocycles. The van der Waals surface area contributed by atoms with E-state index < -0.39 is 0 Å². The maximum Gasteiger partial charge on any atom is 0.228 e. The molecule has 4 heteroatoms. The minimum atomic E-state index is 0.579. The Hall–Kier alpha value is -6.91. The quantitative estimate of drug-likeness (QED) is 0.179. The lowest BCUT2D eigenvalue weighted by molar-refractivity contribution is 0.620. The Balaban J connectivity index is 1.22.